The van der Waals surface area contributed by atoms with E-state index in [0.717, 1.165) is 59.2 Å². The number of rotatable bonds is 5. The Balaban J connectivity index is 1.30. The molecule has 0 N–H and O–H groups in total. The van der Waals surface area contributed by atoms with Crippen molar-refractivity contribution in [2.45, 2.75) is 12.8 Å². The minimum atomic E-state index is 0.519. The number of aromatic nitrogens is 1. The molecule has 0 fully saturated rings. The van der Waals surface area contributed by atoms with Crippen molar-refractivity contribution in [1.29, 1.82) is 0 Å². The zero-order chi connectivity index (χ0) is 23.8. The first-order chi connectivity index (χ1) is 17.2. The highest BCUT2D eigenvalue weighted by Crippen LogP contribution is 2.38. The van der Waals surface area contributed by atoms with Crippen LogP contribution < -0.4 is 9.47 Å². The molecule has 0 spiro atoms. The summed E-state index contributed by atoms with van der Waals surface area (Å²) in [6.07, 6.45) is 7.68. The summed E-state index contributed by atoms with van der Waals surface area (Å²) in [5.41, 5.74) is 5.47. The normalized spacial score (nSPS) is 16.1. The van der Waals surface area contributed by atoms with Crippen LogP contribution in [0.25, 0.3) is 5.76 Å². The average molecular weight is 467 g/mol. The second-order valence-electron chi connectivity index (χ2n) is 8.73. The number of allylic oxidation sites excluding steroid dienone is 2. The third kappa shape index (κ3) is 3.91. The number of hydrogen-bond acceptors (Lipinski definition) is 6. The first-order valence-electron chi connectivity index (χ1n) is 11.7. The minimum absolute atomic E-state index is 0.519. The molecule has 0 amide bonds. The van der Waals surface area contributed by atoms with Gasteiger partial charge in [-0.25, -0.2) is 4.98 Å². The van der Waals surface area contributed by atoms with Crippen LogP contribution in [0.1, 0.15) is 22.3 Å². The summed E-state index contributed by atoms with van der Waals surface area (Å²) in [4.78, 5) is 6.53. The Morgan fingerprint density at radius 1 is 0.914 bits per heavy atom. The number of para-hydroxylation sites is 1. The Labute approximate surface area is 204 Å². The van der Waals surface area contributed by atoms with E-state index in [4.69, 9.17) is 18.9 Å². The minimum Gasteiger partial charge on any atom is -0.495 e. The first kappa shape index (κ1) is 21.4. The van der Waals surface area contributed by atoms with Crippen LogP contribution in [0.2, 0.25) is 0 Å². The molecule has 6 rings (SSSR count). The van der Waals surface area contributed by atoms with Gasteiger partial charge in [0, 0.05) is 47.8 Å². The molecule has 0 radical (unpaired) electrons. The van der Waals surface area contributed by atoms with Gasteiger partial charge >= 0.3 is 0 Å². The van der Waals surface area contributed by atoms with E-state index < -0.39 is 0 Å². The van der Waals surface area contributed by atoms with Crippen LogP contribution in [0, 0.1) is 0 Å². The quantitative estimate of drug-likeness (QED) is 0.364. The van der Waals surface area contributed by atoms with Gasteiger partial charge in [-0.2, -0.15) is 0 Å². The molecule has 0 saturated heterocycles. The topological polar surface area (TPSA) is 53.1 Å². The number of nitrogens with zero attached hydrogens (tertiary/aromatic N) is 2. The molecule has 0 aliphatic carbocycles. The Bertz CT molecular complexity index is 1390. The van der Waals surface area contributed by atoms with Gasteiger partial charge in [0.05, 0.1) is 20.8 Å². The third-order valence-corrected chi connectivity index (χ3v) is 6.57. The Hall–Kier alpha value is -4.19. The summed E-state index contributed by atoms with van der Waals surface area (Å²) in [6, 6.07) is 18.2. The molecule has 176 valence electrons. The molecule has 6 nitrogen and oxygen atoms in total. The van der Waals surface area contributed by atoms with Crippen LogP contribution in [0.5, 0.6) is 17.4 Å². The zero-order valence-electron chi connectivity index (χ0n) is 19.8. The molecule has 2 aromatic carbocycles. The van der Waals surface area contributed by atoms with Gasteiger partial charge in [0.2, 0.25) is 5.88 Å². The van der Waals surface area contributed by atoms with Gasteiger partial charge in [0.25, 0.3) is 0 Å². The van der Waals surface area contributed by atoms with Crippen LogP contribution in [-0.2, 0) is 22.3 Å². The van der Waals surface area contributed by atoms with Gasteiger partial charge in [-0.1, -0.05) is 36.4 Å². The highest BCUT2D eigenvalue weighted by Gasteiger charge is 2.27. The summed E-state index contributed by atoms with van der Waals surface area (Å²) in [6.45, 7) is 1.25. The molecule has 35 heavy (non-hydrogen) atoms. The lowest BCUT2D eigenvalue weighted by Crippen LogP contribution is -2.34. The summed E-state index contributed by atoms with van der Waals surface area (Å²) < 4.78 is 24.1. The summed E-state index contributed by atoms with van der Waals surface area (Å²) in [5, 5.41) is 0. The van der Waals surface area contributed by atoms with Crippen molar-refractivity contribution in [3.63, 3.8) is 0 Å². The van der Waals surface area contributed by atoms with Crippen LogP contribution in [0.15, 0.2) is 90.2 Å². The van der Waals surface area contributed by atoms with Crippen molar-refractivity contribution in [2.24, 2.45) is 0 Å². The van der Waals surface area contributed by atoms with Crippen molar-refractivity contribution < 1.29 is 18.9 Å². The molecular formula is C29H26N2O4. The summed E-state index contributed by atoms with van der Waals surface area (Å²) in [5.74, 6) is 4.70. The fourth-order valence-electron chi connectivity index (χ4n) is 4.85. The Morgan fingerprint density at radius 2 is 1.77 bits per heavy atom. The molecule has 3 aliphatic heterocycles. The van der Waals surface area contributed by atoms with E-state index in [1.165, 1.54) is 11.1 Å². The number of ether oxygens (including phenoxy) is 4. The largest absolute Gasteiger partial charge is 0.495 e. The van der Waals surface area contributed by atoms with Crippen molar-refractivity contribution in [3.8, 4) is 17.4 Å². The van der Waals surface area contributed by atoms with Crippen LogP contribution in [0.3, 0.4) is 0 Å². The van der Waals surface area contributed by atoms with Gasteiger partial charge < -0.3 is 23.8 Å². The Kier molecular flexibility index (Phi) is 5.41. The zero-order valence-corrected chi connectivity index (χ0v) is 19.8. The molecule has 3 aromatic rings. The maximum absolute atomic E-state index is 6.33. The molecule has 1 aromatic heterocycles. The Morgan fingerprint density at radius 3 is 2.66 bits per heavy atom. The van der Waals surface area contributed by atoms with Crippen molar-refractivity contribution >= 4 is 5.76 Å². The van der Waals surface area contributed by atoms with Gasteiger partial charge in [0.1, 0.15) is 11.5 Å². The standard InChI is InChI=1S/C29H26N2O4/c1-32-26(18-31-14-6-9-22-15-19-7-3-4-10-24(19)35-29(22)31)27(33-2)20-11-12-25-23(16-20)17-21-8-5-13-30-28(21)34-25/h3-13,16H,14-15,17-18H2,1-2H3. The van der Waals surface area contributed by atoms with Crippen LogP contribution in [-0.4, -0.2) is 37.2 Å². The van der Waals surface area contributed by atoms with Crippen LogP contribution in [0.4, 0.5) is 0 Å². The molecule has 6 heteroatoms. The highest BCUT2D eigenvalue weighted by molar-refractivity contribution is 5.65. The molecule has 0 bridgehead atoms. The molecule has 0 unspecified atom stereocenters. The number of benzene rings is 2. The molecule has 4 heterocycles. The van der Waals surface area contributed by atoms with E-state index in [1.54, 1.807) is 20.4 Å². The molecule has 3 aliphatic rings. The average Bonchev–Trinajstić information content (AvgIpc) is 2.90. The van der Waals surface area contributed by atoms with E-state index >= 15 is 0 Å². The van der Waals surface area contributed by atoms with Gasteiger partial charge in [-0.05, 0) is 35.9 Å². The van der Waals surface area contributed by atoms with Crippen molar-refractivity contribution in [1.82, 2.24) is 9.88 Å². The number of methoxy groups -OCH3 is 2. The van der Waals surface area contributed by atoms with E-state index in [1.807, 2.05) is 42.5 Å². The second kappa shape index (κ2) is 8.87. The predicted octanol–water partition coefficient (Wildman–Crippen LogP) is 5.46. The number of hydrogen-bond donors (Lipinski definition) is 0. The summed E-state index contributed by atoms with van der Waals surface area (Å²) >= 11 is 0. The number of pyridine rings is 1. The van der Waals surface area contributed by atoms with Gasteiger partial charge in [-0.3, -0.25) is 0 Å². The smallest absolute Gasteiger partial charge is 0.222 e. The van der Waals surface area contributed by atoms with Gasteiger partial charge in [0.15, 0.2) is 17.4 Å². The fourth-order valence-corrected chi connectivity index (χ4v) is 4.85. The maximum Gasteiger partial charge on any atom is 0.222 e. The molecule has 0 saturated carbocycles. The first-order valence-corrected chi connectivity index (χ1v) is 11.7. The SMILES string of the molecule is COC(CN1CC=CC2=C1Oc1ccccc1C2)=C(OC)c1ccc2c(c1)Cc1cccnc1O2. The third-order valence-electron chi connectivity index (χ3n) is 6.57. The summed E-state index contributed by atoms with van der Waals surface area (Å²) in [7, 11) is 3.36. The highest BCUT2D eigenvalue weighted by atomic mass is 16.5. The lowest BCUT2D eigenvalue weighted by atomic mass is 9.99. The maximum atomic E-state index is 6.33. The lowest BCUT2D eigenvalue weighted by molar-refractivity contribution is 0.182. The second-order valence-corrected chi connectivity index (χ2v) is 8.73. The number of fused-ring (bicyclic) bond motifs is 3. The van der Waals surface area contributed by atoms with Gasteiger partial charge in [-0.15, -0.1) is 0 Å². The van der Waals surface area contributed by atoms with Crippen molar-refractivity contribution in [3.05, 3.63) is 112 Å². The van der Waals surface area contributed by atoms with E-state index in [0.29, 0.717) is 18.2 Å². The van der Waals surface area contributed by atoms with E-state index in [9.17, 15) is 0 Å². The molecule has 0 atom stereocenters. The van der Waals surface area contributed by atoms with E-state index in [-0.39, 0.29) is 0 Å². The fraction of sp³-hybridized carbons (Fsp3) is 0.207. The monoisotopic (exact) mass is 466 g/mol. The van der Waals surface area contributed by atoms with Crippen LogP contribution >= 0.6 is 0 Å². The molecular weight excluding hydrogens is 440 g/mol. The lowest BCUT2D eigenvalue weighted by Gasteiger charge is -2.34. The predicted molar refractivity (Wildman–Crippen MR) is 133 cm³/mol. The van der Waals surface area contributed by atoms with Crippen molar-refractivity contribution in [2.75, 3.05) is 27.3 Å². The van der Waals surface area contributed by atoms with E-state index in [2.05, 4.69) is 34.2 Å².